The van der Waals surface area contributed by atoms with Crippen LogP contribution in [0.5, 0.6) is 0 Å². The van der Waals surface area contributed by atoms with Crippen LogP contribution >= 0.6 is 12.4 Å². The average Bonchev–Trinajstić information content (AvgIpc) is 2.91. The van der Waals surface area contributed by atoms with Crippen LogP contribution in [0, 0.1) is 0 Å². The lowest BCUT2D eigenvalue weighted by Crippen LogP contribution is -2.58. The molecular weight excluding hydrogens is 532 g/mol. The van der Waals surface area contributed by atoms with Gasteiger partial charge in [-0.05, 0) is 63.4 Å². The molecule has 1 aromatic heterocycles. The van der Waals surface area contributed by atoms with Gasteiger partial charge in [0.15, 0.2) is 0 Å². The normalized spacial score (nSPS) is 19.8. The topological polar surface area (TPSA) is 143 Å². The Labute approximate surface area is 242 Å². The number of nitrogens with two attached hydrogens (primary N) is 2. The first kappa shape index (κ1) is 31.5. The highest BCUT2D eigenvalue weighted by atomic mass is 35.5. The van der Waals surface area contributed by atoms with Crippen molar-refractivity contribution in [3.8, 4) is 5.69 Å². The molecule has 2 aromatic rings. The molecule has 2 atom stereocenters. The highest BCUT2D eigenvalue weighted by molar-refractivity contribution is 5.89. The van der Waals surface area contributed by atoms with Gasteiger partial charge >= 0.3 is 11.7 Å². The number of piperazine rings is 1. The summed E-state index contributed by atoms with van der Waals surface area (Å²) in [5.41, 5.74) is 12.6. The molecule has 1 saturated carbocycles. The molecule has 0 spiro atoms. The van der Waals surface area contributed by atoms with Crippen LogP contribution in [0.2, 0.25) is 0 Å². The fourth-order valence-electron chi connectivity index (χ4n) is 5.41. The van der Waals surface area contributed by atoms with Crippen LogP contribution in [0.15, 0.2) is 41.3 Å². The number of anilines is 1. The number of benzene rings is 1. The average molecular weight is 575 g/mol. The lowest BCUT2D eigenvalue weighted by Gasteiger charge is -2.37. The van der Waals surface area contributed by atoms with Crippen LogP contribution < -0.4 is 22.5 Å². The predicted molar refractivity (Wildman–Crippen MR) is 159 cm³/mol. The molecule has 11 nitrogen and oxygen atoms in total. The SMILES string of the molecule is CCN(Cc1ccc(-n2ccc(NC(=O)N3CCN(C(=O)C(C)(C)N)CC3)nc2=O)cc1)[C@H]1CCC[C@@H](N)C1.Cl. The standard InChI is InChI=1S/C28H42N8O3.ClH/c1-4-33(23-7-5-6-21(29)18-23)19-20-8-10-22(11-9-20)36-13-12-24(32-27(36)39)31-26(38)35-16-14-34(15-17-35)25(37)28(2,3)30;/h8-13,21,23H,4-7,14-19,29-30H2,1-3H3,(H,31,32,38,39);1H/t21-,23+;/m1./s1. The van der Waals surface area contributed by atoms with Gasteiger partial charge in [-0.2, -0.15) is 4.98 Å². The molecule has 4 rings (SSSR count). The fourth-order valence-corrected chi connectivity index (χ4v) is 5.41. The Morgan fingerprint density at radius 1 is 1.07 bits per heavy atom. The van der Waals surface area contributed by atoms with E-state index in [1.54, 1.807) is 35.9 Å². The number of hydrogen-bond donors (Lipinski definition) is 3. The second-order valence-electron chi connectivity index (χ2n) is 11.2. The third-order valence-electron chi connectivity index (χ3n) is 7.65. The Morgan fingerprint density at radius 2 is 1.73 bits per heavy atom. The first-order chi connectivity index (χ1) is 18.5. The summed E-state index contributed by atoms with van der Waals surface area (Å²) < 4.78 is 1.45. The molecule has 0 bridgehead atoms. The third kappa shape index (κ3) is 7.81. The van der Waals surface area contributed by atoms with E-state index in [0.717, 1.165) is 25.9 Å². The van der Waals surface area contributed by atoms with E-state index in [-0.39, 0.29) is 36.2 Å². The van der Waals surface area contributed by atoms with Gasteiger partial charge in [0.1, 0.15) is 5.82 Å². The maximum Gasteiger partial charge on any atom is 0.354 e. The number of carbonyl (C=O) groups is 2. The number of nitrogens with zero attached hydrogens (tertiary/aromatic N) is 5. The second-order valence-corrected chi connectivity index (χ2v) is 11.2. The zero-order valence-electron chi connectivity index (χ0n) is 23.7. The van der Waals surface area contributed by atoms with Crippen molar-refractivity contribution in [2.75, 3.05) is 38.0 Å². The van der Waals surface area contributed by atoms with Crippen LogP contribution in [0.1, 0.15) is 52.0 Å². The van der Waals surface area contributed by atoms with Crippen molar-refractivity contribution in [3.63, 3.8) is 0 Å². The molecule has 5 N–H and O–H groups in total. The maximum atomic E-state index is 12.8. The molecule has 1 aromatic carbocycles. The molecule has 12 heteroatoms. The number of rotatable bonds is 7. The van der Waals surface area contributed by atoms with E-state index in [0.29, 0.717) is 37.9 Å². The number of urea groups is 1. The Morgan fingerprint density at radius 3 is 2.30 bits per heavy atom. The maximum absolute atomic E-state index is 12.8. The monoisotopic (exact) mass is 574 g/mol. The number of halogens is 1. The van der Waals surface area contributed by atoms with Crippen molar-refractivity contribution in [1.29, 1.82) is 0 Å². The first-order valence-electron chi connectivity index (χ1n) is 13.9. The third-order valence-corrected chi connectivity index (χ3v) is 7.65. The van der Waals surface area contributed by atoms with E-state index in [1.165, 1.54) is 23.0 Å². The minimum absolute atomic E-state index is 0. The largest absolute Gasteiger partial charge is 0.354 e. The molecule has 2 heterocycles. The van der Waals surface area contributed by atoms with Gasteiger partial charge in [0.25, 0.3) is 0 Å². The van der Waals surface area contributed by atoms with E-state index in [9.17, 15) is 14.4 Å². The van der Waals surface area contributed by atoms with E-state index >= 15 is 0 Å². The second kappa shape index (κ2) is 13.6. The van der Waals surface area contributed by atoms with Crippen molar-refractivity contribution < 1.29 is 9.59 Å². The van der Waals surface area contributed by atoms with Gasteiger partial charge in [0.05, 0.1) is 11.2 Å². The van der Waals surface area contributed by atoms with Gasteiger partial charge in [0, 0.05) is 51.0 Å². The molecular formula is C28H43ClN8O3. The van der Waals surface area contributed by atoms with Crippen LogP contribution in [0.3, 0.4) is 0 Å². The minimum Gasteiger partial charge on any atom is -0.338 e. The van der Waals surface area contributed by atoms with Crippen LogP contribution in [-0.4, -0.2) is 86.5 Å². The van der Waals surface area contributed by atoms with Crippen LogP contribution in [0.4, 0.5) is 10.6 Å². The van der Waals surface area contributed by atoms with E-state index < -0.39 is 11.2 Å². The van der Waals surface area contributed by atoms with Crippen molar-refractivity contribution in [3.05, 3.63) is 52.6 Å². The summed E-state index contributed by atoms with van der Waals surface area (Å²) >= 11 is 0. The minimum atomic E-state index is -0.946. The highest BCUT2D eigenvalue weighted by Crippen LogP contribution is 2.24. The molecule has 0 unspecified atom stereocenters. The first-order valence-corrected chi connectivity index (χ1v) is 13.9. The molecule has 2 fully saturated rings. The van der Waals surface area contributed by atoms with Gasteiger partial charge in [-0.3, -0.25) is 19.6 Å². The van der Waals surface area contributed by atoms with Crippen molar-refractivity contribution in [2.24, 2.45) is 11.5 Å². The highest BCUT2D eigenvalue weighted by Gasteiger charge is 2.31. The molecule has 1 aliphatic heterocycles. The molecule has 3 amide bonds. The Hall–Kier alpha value is -2.99. The summed E-state index contributed by atoms with van der Waals surface area (Å²) in [7, 11) is 0. The molecule has 220 valence electrons. The number of aromatic nitrogens is 2. The summed E-state index contributed by atoms with van der Waals surface area (Å²) in [4.78, 5) is 47.6. The van der Waals surface area contributed by atoms with E-state index in [2.05, 4.69) is 22.1 Å². The van der Waals surface area contributed by atoms with Gasteiger partial charge in [-0.1, -0.05) is 25.5 Å². The Kier molecular flexibility index (Phi) is 10.7. The lowest BCUT2D eigenvalue weighted by atomic mass is 9.90. The summed E-state index contributed by atoms with van der Waals surface area (Å²) in [6.45, 7) is 8.90. The summed E-state index contributed by atoms with van der Waals surface area (Å²) in [6, 6.07) is 9.96. The molecule has 40 heavy (non-hydrogen) atoms. The lowest BCUT2D eigenvalue weighted by molar-refractivity contribution is -0.137. The van der Waals surface area contributed by atoms with Gasteiger partial charge in [0.2, 0.25) is 5.91 Å². The molecule has 1 saturated heterocycles. The van der Waals surface area contributed by atoms with Crippen molar-refractivity contribution in [2.45, 2.75) is 70.6 Å². The molecule has 2 aliphatic rings. The van der Waals surface area contributed by atoms with Crippen molar-refractivity contribution >= 4 is 30.2 Å². The predicted octanol–water partition coefficient (Wildman–Crippen LogP) is 2.16. The number of carbonyl (C=O) groups excluding carboxylic acids is 2. The number of amides is 3. The van der Waals surface area contributed by atoms with E-state index in [4.69, 9.17) is 11.5 Å². The van der Waals surface area contributed by atoms with E-state index in [1.807, 2.05) is 24.3 Å². The Bertz CT molecular complexity index is 1210. The smallest absolute Gasteiger partial charge is 0.338 e. The molecule has 1 aliphatic carbocycles. The van der Waals surface area contributed by atoms with Crippen LogP contribution in [-0.2, 0) is 11.3 Å². The van der Waals surface area contributed by atoms with Gasteiger partial charge in [-0.15, -0.1) is 12.4 Å². The van der Waals surface area contributed by atoms with Crippen LogP contribution in [0.25, 0.3) is 5.69 Å². The quantitative estimate of drug-likeness (QED) is 0.460. The zero-order chi connectivity index (χ0) is 28.2. The summed E-state index contributed by atoms with van der Waals surface area (Å²) in [5, 5.41) is 2.70. The number of nitrogens with one attached hydrogen (secondary N) is 1. The summed E-state index contributed by atoms with van der Waals surface area (Å²) in [6.07, 6.45) is 6.13. The summed E-state index contributed by atoms with van der Waals surface area (Å²) in [5.74, 6) is 0.0428. The Balaban J connectivity index is 0.00000441. The van der Waals surface area contributed by atoms with Gasteiger partial charge in [-0.25, -0.2) is 9.59 Å². The fraction of sp³-hybridized carbons (Fsp3) is 0.571. The van der Waals surface area contributed by atoms with Crippen molar-refractivity contribution in [1.82, 2.24) is 24.3 Å². The van der Waals surface area contributed by atoms with Gasteiger partial charge < -0.3 is 21.3 Å². The number of hydrogen-bond acceptors (Lipinski definition) is 7. The molecule has 0 radical (unpaired) electrons. The zero-order valence-corrected chi connectivity index (χ0v) is 24.5.